The molecule has 1 rings (SSSR count). The second kappa shape index (κ2) is 5.28. The van der Waals surface area contributed by atoms with E-state index in [0.29, 0.717) is 12.5 Å². The molecule has 1 aliphatic heterocycles. The number of nitrogens with zero attached hydrogens (tertiary/aromatic N) is 1. The summed E-state index contributed by atoms with van der Waals surface area (Å²) < 4.78 is 0. The molecule has 2 atom stereocenters. The van der Waals surface area contributed by atoms with Gasteiger partial charge in [-0.1, -0.05) is 13.8 Å². The van der Waals surface area contributed by atoms with Crippen LogP contribution < -0.4 is 5.73 Å². The van der Waals surface area contributed by atoms with Gasteiger partial charge in [0, 0.05) is 25.7 Å². The van der Waals surface area contributed by atoms with Gasteiger partial charge in [0.15, 0.2) is 0 Å². The number of hydrogen-bond donors (Lipinski definition) is 2. The molecular weight excluding hydrogens is 188 g/mol. The lowest BCUT2D eigenvalue weighted by atomic mass is 9.84. The number of nitrogens with two attached hydrogens (primary N) is 1. The zero-order chi connectivity index (χ0) is 11.5. The molecule has 3 heteroatoms. The van der Waals surface area contributed by atoms with Crippen LogP contribution in [0.25, 0.3) is 0 Å². The smallest absolute Gasteiger partial charge is 0.0471 e. The Labute approximate surface area is 93.6 Å². The molecule has 0 amide bonds. The Balaban J connectivity index is 2.44. The largest absolute Gasteiger partial charge is 0.396 e. The maximum atomic E-state index is 9.16. The molecule has 0 aromatic heterocycles. The quantitative estimate of drug-likeness (QED) is 0.736. The normalized spacial score (nSPS) is 26.6. The summed E-state index contributed by atoms with van der Waals surface area (Å²) in [6, 6.07) is 0.215. The fourth-order valence-corrected chi connectivity index (χ4v) is 2.16. The van der Waals surface area contributed by atoms with Crippen molar-refractivity contribution < 1.29 is 5.11 Å². The van der Waals surface area contributed by atoms with Crippen molar-refractivity contribution in [1.82, 2.24) is 4.90 Å². The van der Waals surface area contributed by atoms with Gasteiger partial charge >= 0.3 is 0 Å². The third-order valence-electron chi connectivity index (χ3n) is 3.73. The zero-order valence-corrected chi connectivity index (χ0v) is 10.4. The highest BCUT2D eigenvalue weighted by Gasteiger charge is 2.28. The van der Waals surface area contributed by atoms with Crippen LogP contribution in [0.15, 0.2) is 0 Å². The van der Waals surface area contributed by atoms with Crippen LogP contribution in [-0.2, 0) is 0 Å². The van der Waals surface area contributed by atoms with Gasteiger partial charge in [0.25, 0.3) is 0 Å². The molecule has 2 unspecified atom stereocenters. The molecule has 1 fully saturated rings. The first-order valence-corrected chi connectivity index (χ1v) is 6.04. The molecule has 0 aliphatic carbocycles. The van der Waals surface area contributed by atoms with Crippen molar-refractivity contribution in [1.29, 1.82) is 0 Å². The highest BCUT2D eigenvalue weighted by Crippen LogP contribution is 2.24. The zero-order valence-electron chi connectivity index (χ0n) is 10.4. The van der Waals surface area contributed by atoms with Crippen molar-refractivity contribution in [2.75, 3.05) is 26.2 Å². The Morgan fingerprint density at radius 1 is 1.53 bits per heavy atom. The van der Waals surface area contributed by atoms with E-state index >= 15 is 0 Å². The molecule has 1 heterocycles. The molecule has 15 heavy (non-hydrogen) atoms. The van der Waals surface area contributed by atoms with Crippen molar-refractivity contribution in [2.24, 2.45) is 17.1 Å². The molecule has 0 spiro atoms. The number of hydrogen-bond acceptors (Lipinski definition) is 3. The predicted molar refractivity (Wildman–Crippen MR) is 63.7 cm³/mol. The third kappa shape index (κ3) is 3.74. The standard InChI is InChI=1S/C12H26N2O/c1-10(13)12(2,3)9-14-6-4-5-11(7-14)8-15/h10-11,15H,4-9,13H2,1-3H3. The minimum Gasteiger partial charge on any atom is -0.396 e. The third-order valence-corrected chi connectivity index (χ3v) is 3.73. The van der Waals surface area contributed by atoms with Crippen LogP contribution in [0.2, 0.25) is 0 Å². The second-order valence-corrected chi connectivity index (χ2v) is 5.70. The van der Waals surface area contributed by atoms with E-state index in [1.807, 2.05) is 0 Å². The SMILES string of the molecule is CC(N)C(C)(C)CN1CCCC(CO)C1. The molecule has 0 bridgehead atoms. The van der Waals surface area contributed by atoms with E-state index in [4.69, 9.17) is 10.8 Å². The molecule has 1 aliphatic rings. The van der Waals surface area contributed by atoms with Gasteiger partial charge in [-0.2, -0.15) is 0 Å². The van der Waals surface area contributed by atoms with E-state index in [2.05, 4.69) is 25.7 Å². The fraction of sp³-hybridized carbons (Fsp3) is 1.00. The average Bonchev–Trinajstić information content (AvgIpc) is 2.17. The van der Waals surface area contributed by atoms with Crippen molar-refractivity contribution >= 4 is 0 Å². The lowest BCUT2D eigenvalue weighted by Crippen LogP contribution is -2.47. The van der Waals surface area contributed by atoms with E-state index in [0.717, 1.165) is 19.6 Å². The topological polar surface area (TPSA) is 49.5 Å². The summed E-state index contributed by atoms with van der Waals surface area (Å²) in [4.78, 5) is 2.45. The van der Waals surface area contributed by atoms with Gasteiger partial charge in [-0.25, -0.2) is 0 Å². The van der Waals surface area contributed by atoms with E-state index in [1.54, 1.807) is 0 Å². The summed E-state index contributed by atoms with van der Waals surface area (Å²) in [7, 11) is 0. The highest BCUT2D eigenvalue weighted by molar-refractivity contribution is 4.83. The van der Waals surface area contributed by atoms with Gasteiger partial charge in [0.2, 0.25) is 0 Å². The van der Waals surface area contributed by atoms with Gasteiger partial charge in [-0.15, -0.1) is 0 Å². The fourth-order valence-electron chi connectivity index (χ4n) is 2.16. The second-order valence-electron chi connectivity index (χ2n) is 5.70. The van der Waals surface area contributed by atoms with Crippen molar-refractivity contribution in [3.8, 4) is 0 Å². The van der Waals surface area contributed by atoms with Crippen molar-refractivity contribution in [3.05, 3.63) is 0 Å². The van der Waals surface area contributed by atoms with Crippen LogP contribution in [0.3, 0.4) is 0 Å². The lowest BCUT2D eigenvalue weighted by molar-refractivity contribution is 0.0824. The first-order valence-electron chi connectivity index (χ1n) is 6.04. The molecule has 0 radical (unpaired) electrons. The van der Waals surface area contributed by atoms with Crippen LogP contribution in [0.5, 0.6) is 0 Å². The first-order chi connectivity index (χ1) is 6.95. The maximum absolute atomic E-state index is 9.16. The Kier molecular flexibility index (Phi) is 4.56. The maximum Gasteiger partial charge on any atom is 0.0471 e. The van der Waals surface area contributed by atoms with Crippen LogP contribution in [0.4, 0.5) is 0 Å². The highest BCUT2D eigenvalue weighted by atomic mass is 16.3. The van der Waals surface area contributed by atoms with Crippen LogP contribution in [0, 0.1) is 11.3 Å². The molecular formula is C12H26N2O. The van der Waals surface area contributed by atoms with Gasteiger partial charge in [-0.3, -0.25) is 0 Å². The average molecular weight is 214 g/mol. The summed E-state index contributed by atoms with van der Waals surface area (Å²) in [5.74, 6) is 0.475. The van der Waals surface area contributed by atoms with Crippen LogP contribution in [-0.4, -0.2) is 42.3 Å². The molecule has 3 nitrogen and oxygen atoms in total. The van der Waals surface area contributed by atoms with Gasteiger partial charge in [-0.05, 0) is 37.6 Å². The van der Waals surface area contributed by atoms with E-state index in [-0.39, 0.29) is 11.5 Å². The Bertz CT molecular complexity index is 192. The van der Waals surface area contributed by atoms with Crippen molar-refractivity contribution in [2.45, 2.75) is 39.7 Å². The monoisotopic (exact) mass is 214 g/mol. The molecule has 3 N–H and O–H groups in total. The lowest BCUT2D eigenvalue weighted by Gasteiger charge is -2.39. The van der Waals surface area contributed by atoms with Crippen molar-refractivity contribution in [3.63, 3.8) is 0 Å². The van der Waals surface area contributed by atoms with E-state index in [9.17, 15) is 0 Å². The minimum absolute atomic E-state index is 0.164. The number of piperidine rings is 1. The summed E-state index contributed by atoms with van der Waals surface area (Å²) >= 11 is 0. The van der Waals surface area contributed by atoms with Gasteiger partial charge in [0.05, 0.1) is 0 Å². The summed E-state index contributed by atoms with van der Waals surface area (Å²) in [5, 5.41) is 9.16. The Hall–Kier alpha value is -0.120. The summed E-state index contributed by atoms with van der Waals surface area (Å²) in [6.45, 7) is 10.1. The number of likely N-dealkylation sites (tertiary alicyclic amines) is 1. The Morgan fingerprint density at radius 3 is 2.73 bits per heavy atom. The van der Waals surface area contributed by atoms with E-state index < -0.39 is 0 Å². The number of rotatable bonds is 4. The minimum atomic E-state index is 0.164. The predicted octanol–water partition coefficient (Wildman–Crippen LogP) is 1.06. The van der Waals surface area contributed by atoms with E-state index in [1.165, 1.54) is 12.8 Å². The summed E-state index contributed by atoms with van der Waals surface area (Å²) in [6.07, 6.45) is 2.38. The van der Waals surface area contributed by atoms with Crippen LogP contribution >= 0.6 is 0 Å². The van der Waals surface area contributed by atoms with Gasteiger partial charge in [0.1, 0.15) is 0 Å². The number of aliphatic hydroxyl groups is 1. The molecule has 1 saturated heterocycles. The summed E-state index contributed by atoms with van der Waals surface area (Å²) in [5.41, 5.74) is 6.14. The van der Waals surface area contributed by atoms with Gasteiger partial charge < -0.3 is 15.7 Å². The Morgan fingerprint density at radius 2 is 2.20 bits per heavy atom. The number of aliphatic hydroxyl groups excluding tert-OH is 1. The molecule has 0 aromatic carbocycles. The molecule has 0 aromatic rings. The molecule has 0 saturated carbocycles. The molecule has 90 valence electrons. The first kappa shape index (κ1) is 12.9. The van der Waals surface area contributed by atoms with Crippen LogP contribution in [0.1, 0.15) is 33.6 Å².